The minimum Gasteiger partial charge on any atom is -0.344 e. The van der Waals surface area contributed by atoms with Gasteiger partial charge in [-0.3, -0.25) is 4.79 Å². The Bertz CT molecular complexity index is 348. The molecular weight excluding hydrogens is 258 g/mol. The lowest BCUT2D eigenvalue weighted by atomic mass is 9.76. The fraction of sp³-hybridized carbons (Fsp3) is 0.545. The first-order valence-electron chi connectivity index (χ1n) is 5.41. The summed E-state index contributed by atoms with van der Waals surface area (Å²) in [4.78, 5) is 13.7. The van der Waals surface area contributed by atoms with Crippen molar-refractivity contribution in [3.05, 3.63) is 23.3 Å². The van der Waals surface area contributed by atoms with Crippen LogP contribution in [-0.2, 0) is 4.79 Å². The third-order valence-corrected chi connectivity index (χ3v) is 4.54. The zero-order valence-corrected chi connectivity index (χ0v) is 11.4. The van der Waals surface area contributed by atoms with E-state index < -0.39 is 0 Å². The monoisotopic (exact) mass is 275 g/mol. The normalized spacial score (nSPS) is 32.2. The predicted molar refractivity (Wildman–Crippen MR) is 73.5 cm³/mol. The SMILES string of the molecule is C[C@]1(C2=CC=CNS2)CCN(C=O)C[C@@H]1N.Cl. The molecule has 1 amide bonds. The Morgan fingerprint density at radius 1 is 1.71 bits per heavy atom. The molecule has 0 aromatic heterocycles. The van der Waals surface area contributed by atoms with E-state index in [1.165, 1.54) is 4.91 Å². The molecule has 17 heavy (non-hydrogen) atoms. The van der Waals surface area contributed by atoms with Gasteiger partial charge in [-0.2, -0.15) is 0 Å². The highest BCUT2D eigenvalue weighted by Gasteiger charge is 2.40. The summed E-state index contributed by atoms with van der Waals surface area (Å²) in [5.41, 5.74) is 6.18. The van der Waals surface area contributed by atoms with Crippen LogP contribution in [0, 0.1) is 5.41 Å². The van der Waals surface area contributed by atoms with Gasteiger partial charge >= 0.3 is 0 Å². The van der Waals surface area contributed by atoms with Gasteiger partial charge in [-0.1, -0.05) is 6.92 Å². The van der Waals surface area contributed by atoms with Crippen LogP contribution in [0.3, 0.4) is 0 Å². The van der Waals surface area contributed by atoms with Gasteiger partial charge in [0.25, 0.3) is 0 Å². The maximum Gasteiger partial charge on any atom is 0.209 e. The summed E-state index contributed by atoms with van der Waals surface area (Å²) >= 11 is 1.62. The van der Waals surface area contributed by atoms with Gasteiger partial charge < -0.3 is 15.4 Å². The quantitative estimate of drug-likeness (QED) is 0.588. The van der Waals surface area contributed by atoms with Gasteiger partial charge in [-0.25, -0.2) is 0 Å². The zero-order valence-electron chi connectivity index (χ0n) is 9.76. The van der Waals surface area contributed by atoms with Crippen LogP contribution in [0.2, 0.25) is 0 Å². The molecule has 96 valence electrons. The summed E-state index contributed by atoms with van der Waals surface area (Å²) in [5, 5.41) is 0. The number of hydrogen-bond donors (Lipinski definition) is 2. The molecular formula is C11H18ClN3OS. The molecule has 0 unspecified atom stereocenters. The van der Waals surface area contributed by atoms with E-state index in [0.29, 0.717) is 6.54 Å². The Hall–Kier alpha value is -0.650. The van der Waals surface area contributed by atoms with Crippen LogP contribution in [-0.4, -0.2) is 30.4 Å². The lowest BCUT2D eigenvalue weighted by Gasteiger charge is -2.44. The number of halogens is 1. The average molecular weight is 276 g/mol. The van der Waals surface area contributed by atoms with Crippen molar-refractivity contribution in [2.75, 3.05) is 13.1 Å². The van der Waals surface area contributed by atoms with Crippen LogP contribution in [0.1, 0.15) is 13.3 Å². The Morgan fingerprint density at radius 3 is 3.00 bits per heavy atom. The van der Waals surface area contributed by atoms with Crippen molar-refractivity contribution in [2.24, 2.45) is 11.1 Å². The molecule has 2 aliphatic heterocycles. The number of amides is 1. The highest BCUT2D eigenvalue weighted by molar-refractivity contribution is 8.01. The molecule has 6 heteroatoms. The Kier molecular flexibility index (Phi) is 4.91. The largest absolute Gasteiger partial charge is 0.344 e. The van der Waals surface area contributed by atoms with Crippen LogP contribution in [0.25, 0.3) is 0 Å². The van der Waals surface area contributed by atoms with Crippen molar-refractivity contribution in [3.8, 4) is 0 Å². The molecule has 0 bridgehead atoms. The minimum absolute atomic E-state index is 0. The van der Waals surface area contributed by atoms with Crippen LogP contribution in [0.15, 0.2) is 23.3 Å². The first-order valence-corrected chi connectivity index (χ1v) is 6.23. The lowest BCUT2D eigenvalue weighted by Crippen LogP contribution is -2.54. The number of piperidine rings is 1. The summed E-state index contributed by atoms with van der Waals surface area (Å²) in [6.45, 7) is 3.61. The molecule has 2 aliphatic rings. The third-order valence-electron chi connectivity index (χ3n) is 3.46. The molecule has 0 aliphatic carbocycles. The summed E-state index contributed by atoms with van der Waals surface area (Å²) < 4.78 is 3.13. The second kappa shape index (κ2) is 5.80. The maximum absolute atomic E-state index is 10.7. The number of nitrogens with two attached hydrogens (primary N) is 1. The third kappa shape index (κ3) is 2.78. The first-order chi connectivity index (χ1) is 7.66. The van der Waals surface area contributed by atoms with Crippen LogP contribution >= 0.6 is 24.4 Å². The Balaban J connectivity index is 0.00000144. The molecule has 3 N–H and O–H groups in total. The topological polar surface area (TPSA) is 58.4 Å². The molecule has 1 fully saturated rings. The van der Waals surface area contributed by atoms with Gasteiger partial charge in [-0.05, 0) is 30.5 Å². The van der Waals surface area contributed by atoms with Gasteiger partial charge in [0.05, 0.1) is 0 Å². The number of carbonyl (C=O) groups is 1. The van der Waals surface area contributed by atoms with Crippen molar-refractivity contribution in [3.63, 3.8) is 0 Å². The van der Waals surface area contributed by atoms with Crippen molar-refractivity contribution in [1.82, 2.24) is 9.62 Å². The second-order valence-corrected chi connectivity index (χ2v) is 5.36. The van der Waals surface area contributed by atoms with Crippen LogP contribution in [0.4, 0.5) is 0 Å². The lowest BCUT2D eigenvalue weighted by molar-refractivity contribution is -0.120. The number of carbonyl (C=O) groups excluding carboxylic acids is 1. The average Bonchev–Trinajstić information content (AvgIpc) is 2.34. The summed E-state index contributed by atoms with van der Waals surface area (Å²) in [6.07, 6.45) is 7.82. The van der Waals surface area contributed by atoms with Gasteiger partial charge in [-0.15, -0.1) is 12.4 Å². The van der Waals surface area contributed by atoms with Gasteiger partial charge in [0.15, 0.2) is 0 Å². The first kappa shape index (κ1) is 14.4. The van der Waals surface area contributed by atoms with E-state index >= 15 is 0 Å². The van der Waals surface area contributed by atoms with Crippen molar-refractivity contribution < 1.29 is 4.79 Å². The summed E-state index contributed by atoms with van der Waals surface area (Å²) in [7, 11) is 0. The highest BCUT2D eigenvalue weighted by atomic mass is 35.5. The van der Waals surface area contributed by atoms with Crippen molar-refractivity contribution in [2.45, 2.75) is 19.4 Å². The summed E-state index contributed by atoms with van der Waals surface area (Å²) in [6, 6.07) is -0.00139. The van der Waals surface area contributed by atoms with Crippen molar-refractivity contribution >= 4 is 30.8 Å². The number of nitrogens with one attached hydrogen (secondary N) is 1. The van der Waals surface area contributed by atoms with Gasteiger partial charge in [0.2, 0.25) is 6.41 Å². The fourth-order valence-electron chi connectivity index (χ4n) is 2.12. The Morgan fingerprint density at radius 2 is 2.47 bits per heavy atom. The van der Waals surface area contributed by atoms with E-state index in [4.69, 9.17) is 5.73 Å². The standard InChI is InChI=1S/C11H17N3OS.ClH/c1-11(10-3-2-5-13-16-10)4-6-14(8-15)7-9(11)12;/h2-3,5,8-9,13H,4,6-7,12H2,1H3;1H/t9-,11-;/m0./s1. The van der Waals surface area contributed by atoms with E-state index in [0.717, 1.165) is 19.4 Å². The van der Waals surface area contributed by atoms with E-state index in [2.05, 4.69) is 17.7 Å². The number of likely N-dealkylation sites (tertiary alicyclic amines) is 1. The van der Waals surface area contributed by atoms with E-state index in [-0.39, 0.29) is 23.9 Å². The maximum atomic E-state index is 10.7. The predicted octanol–water partition coefficient (Wildman–Crippen LogP) is 1.25. The molecule has 2 atom stereocenters. The van der Waals surface area contributed by atoms with E-state index in [1.807, 2.05) is 12.3 Å². The van der Waals surface area contributed by atoms with Crippen LogP contribution in [0.5, 0.6) is 0 Å². The van der Waals surface area contributed by atoms with E-state index in [1.54, 1.807) is 16.8 Å². The molecule has 0 radical (unpaired) electrons. The second-order valence-electron chi connectivity index (χ2n) is 4.48. The Labute approximate surface area is 112 Å². The smallest absolute Gasteiger partial charge is 0.209 e. The van der Waals surface area contributed by atoms with E-state index in [9.17, 15) is 4.79 Å². The zero-order chi connectivity index (χ0) is 11.6. The number of allylic oxidation sites excluding steroid dienone is 2. The van der Waals surface area contributed by atoms with Crippen molar-refractivity contribution in [1.29, 1.82) is 0 Å². The van der Waals surface area contributed by atoms with Gasteiger partial charge in [0, 0.05) is 35.7 Å². The molecule has 1 saturated heterocycles. The number of hydrogen-bond acceptors (Lipinski definition) is 4. The molecule has 2 heterocycles. The number of rotatable bonds is 2. The molecule has 0 aromatic carbocycles. The molecule has 0 spiro atoms. The fourth-order valence-corrected chi connectivity index (χ4v) is 3.03. The number of nitrogens with zero attached hydrogens (tertiary/aromatic N) is 1. The van der Waals surface area contributed by atoms with Gasteiger partial charge in [0.1, 0.15) is 0 Å². The van der Waals surface area contributed by atoms with Crippen LogP contribution < -0.4 is 10.5 Å². The highest BCUT2D eigenvalue weighted by Crippen LogP contribution is 2.42. The molecule has 2 rings (SSSR count). The summed E-state index contributed by atoms with van der Waals surface area (Å²) in [5.74, 6) is 0. The molecule has 0 saturated carbocycles. The molecule has 4 nitrogen and oxygen atoms in total. The molecule has 0 aromatic rings. The minimum atomic E-state index is -0.0259.